The summed E-state index contributed by atoms with van der Waals surface area (Å²) in [4.78, 5) is 27.0. The van der Waals surface area contributed by atoms with Crippen molar-refractivity contribution >= 4 is 27.8 Å². The number of rotatable bonds is 2. The van der Waals surface area contributed by atoms with E-state index in [0.29, 0.717) is 40.2 Å². The van der Waals surface area contributed by atoms with Crippen molar-refractivity contribution in [3.63, 3.8) is 0 Å². The number of nitrogens with zero attached hydrogens (tertiary/aromatic N) is 4. The van der Waals surface area contributed by atoms with Crippen LogP contribution in [-0.2, 0) is 6.42 Å². The molecule has 3 heterocycles. The Bertz CT molecular complexity index is 1440. The molecule has 31 heavy (non-hydrogen) atoms. The van der Waals surface area contributed by atoms with Crippen molar-refractivity contribution in [3.05, 3.63) is 88.9 Å². The van der Waals surface area contributed by atoms with Crippen LogP contribution in [0.5, 0.6) is 0 Å². The first kappa shape index (κ1) is 20.1. The van der Waals surface area contributed by atoms with Crippen molar-refractivity contribution in [2.24, 2.45) is 0 Å². The van der Waals surface area contributed by atoms with Gasteiger partial charge in [0.05, 0.1) is 17.4 Å². The van der Waals surface area contributed by atoms with Crippen LogP contribution in [0.4, 0.5) is 14.6 Å². The Morgan fingerprint density at radius 3 is 2.61 bits per heavy atom. The molecule has 156 valence electrons. The lowest BCUT2D eigenvalue weighted by Crippen LogP contribution is -2.22. The van der Waals surface area contributed by atoms with E-state index < -0.39 is 17.2 Å². The van der Waals surface area contributed by atoms with Crippen LogP contribution >= 0.6 is 0 Å². The third-order valence-electron chi connectivity index (χ3n) is 4.75. The number of nitrogens with two attached hydrogens (primary N) is 1. The van der Waals surface area contributed by atoms with E-state index in [0.717, 1.165) is 0 Å². The van der Waals surface area contributed by atoms with Gasteiger partial charge in [0.15, 0.2) is 11.5 Å². The number of hydrogen-bond donors (Lipinski definition) is 2. The van der Waals surface area contributed by atoms with Crippen LogP contribution in [0.1, 0.15) is 12.6 Å². The molecule has 0 aliphatic carbocycles. The first-order valence-corrected chi connectivity index (χ1v) is 9.48. The number of nitrogens with one attached hydrogen (secondary N) is 1. The largest absolute Gasteiger partial charge is 0.382 e. The van der Waals surface area contributed by atoms with E-state index >= 15 is 0 Å². The number of imidazole rings is 1. The number of pyridine rings is 1. The average Bonchev–Trinajstić information content (AvgIpc) is 3.24. The average molecular weight is 420 g/mol. The summed E-state index contributed by atoms with van der Waals surface area (Å²) in [6.45, 7) is 1.90. The van der Waals surface area contributed by atoms with Gasteiger partial charge in [-0.05, 0) is 42.1 Å². The molecule has 7 nitrogen and oxygen atoms in total. The minimum absolute atomic E-state index is 0.0268. The summed E-state index contributed by atoms with van der Waals surface area (Å²) in [7, 11) is 0. The number of halogens is 2. The number of aryl methyl sites for hydroxylation is 1. The maximum Gasteiger partial charge on any atom is 0.266 e. The number of anilines is 1. The quantitative estimate of drug-likeness (QED) is 0.453. The molecule has 0 spiro atoms. The van der Waals surface area contributed by atoms with Crippen molar-refractivity contribution < 1.29 is 8.78 Å². The van der Waals surface area contributed by atoms with Crippen LogP contribution < -0.4 is 11.3 Å². The molecule has 5 aromatic rings. The Morgan fingerprint density at radius 2 is 1.87 bits per heavy atom. The summed E-state index contributed by atoms with van der Waals surface area (Å²) in [5, 5.41) is 0.587. The summed E-state index contributed by atoms with van der Waals surface area (Å²) in [6, 6.07) is 12.0. The number of fused-ring (bicyclic) bond motifs is 2. The molecule has 5 rings (SSSR count). The predicted molar refractivity (Wildman–Crippen MR) is 115 cm³/mol. The lowest BCUT2D eigenvalue weighted by Gasteiger charge is -2.13. The molecule has 0 aliphatic heterocycles. The van der Waals surface area contributed by atoms with Crippen molar-refractivity contribution in [1.82, 2.24) is 24.5 Å². The maximum absolute atomic E-state index is 14.0. The highest BCUT2D eigenvalue weighted by Crippen LogP contribution is 2.19. The summed E-state index contributed by atoms with van der Waals surface area (Å²) in [6.07, 6.45) is 3.51. The Morgan fingerprint density at radius 1 is 1.06 bits per heavy atom. The molecule has 0 saturated carbocycles. The molecule has 0 radical (unpaired) electrons. The molecule has 0 atom stereocenters. The molecule has 0 bridgehead atoms. The second-order valence-electron chi connectivity index (χ2n) is 6.67. The van der Waals surface area contributed by atoms with E-state index in [4.69, 9.17) is 5.73 Å². The highest BCUT2D eigenvalue weighted by Gasteiger charge is 2.13. The third-order valence-corrected chi connectivity index (χ3v) is 4.75. The molecule has 3 N–H and O–H groups in total. The van der Waals surface area contributed by atoms with Crippen LogP contribution in [0.25, 0.3) is 27.6 Å². The Kier molecular flexibility index (Phi) is 5.40. The molecule has 0 fully saturated rings. The Balaban J connectivity index is 0.000000192. The standard InChI is InChI=1S/C17H13F2NO.C5H5N5/c1-2-13-9-11-5-3-8-15(19)16(11)17(21)20(13)14-7-4-6-12(18)10-14;6-4-3-5(9-1-7-3)10-2-8-4/h3-10H,2H2,1H3;1-2H,(H3,6,7,8,9,10). The van der Waals surface area contributed by atoms with Crippen LogP contribution in [0.2, 0.25) is 0 Å². The maximum atomic E-state index is 14.0. The molecule has 0 aliphatic rings. The topological polar surface area (TPSA) is 102 Å². The second-order valence-corrected chi connectivity index (χ2v) is 6.67. The fourth-order valence-corrected chi connectivity index (χ4v) is 3.32. The van der Waals surface area contributed by atoms with E-state index in [2.05, 4.69) is 19.9 Å². The number of aromatic amines is 1. The predicted octanol–water partition coefficient (Wildman–Crippen LogP) is 3.77. The van der Waals surface area contributed by atoms with Crippen LogP contribution in [0, 0.1) is 11.6 Å². The number of aromatic nitrogens is 5. The first-order valence-electron chi connectivity index (χ1n) is 9.48. The smallest absolute Gasteiger partial charge is 0.266 e. The van der Waals surface area contributed by atoms with Gasteiger partial charge in [0.2, 0.25) is 0 Å². The summed E-state index contributed by atoms with van der Waals surface area (Å²) in [5.41, 5.74) is 7.43. The zero-order valence-corrected chi connectivity index (χ0v) is 16.5. The van der Waals surface area contributed by atoms with Gasteiger partial charge in [0.25, 0.3) is 5.56 Å². The molecular formula is C22H18F2N6O. The van der Waals surface area contributed by atoms with E-state index in [1.165, 1.54) is 41.5 Å². The lowest BCUT2D eigenvalue weighted by atomic mass is 10.1. The number of hydrogen-bond acceptors (Lipinski definition) is 5. The van der Waals surface area contributed by atoms with Crippen LogP contribution in [0.15, 0.2) is 66.0 Å². The van der Waals surface area contributed by atoms with Gasteiger partial charge in [-0.2, -0.15) is 0 Å². The monoisotopic (exact) mass is 420 g/mol. The molecule has 0 unspecified atom stereocenters. The third kappa shape index (κ3) is 3.85. The number of H-pyrrole nitrogens is 1. The molecule has 9 heteroatoms. The molecule has 0 amide bonds. The van der Waals surface area contributed by atoms with E-state index in [9.17, 15) is 13.6 Å². The number of nitrogen functional groups attached to an aromatic ring is 1. The molecule has 3 aromatic heterocycles. The van der Waals surface area contributed by atoms with Crippen LogP contribution in [-0.4, -0.2) is 24.5 Å². The summed E-state index contributed by atoms with van der Waals surface area (Å²) >= 11 is 0. The van der Waals surface area contributed by atoms with E-state index in [1.54, 1.807) is 24.3 Å². The van der Waals surface area contributed by atoms with Crippen molar-refractivity contribution in [3.8, 4) is 5.69 Å². The highest BCUT2D eigenvalue weighted by molar-refractivity contribution is 5.83. The highest BCUT2D eigenvalue weighted by atomic mass is 19.1. The lowest BCUT2D eigenvalue weighted by molar-refractivity contribution is 0.625. The number of benzene rings is 2. The van der Waals surface area contributed by atoms with Crippen molar-refractivity contribution in [2.45, 2.75) is 13.3 Å². The zero-order chi connectivity index (χ0) is 22.0. The van der Waals surface area contributed by atoms with Crippen LogP contribution in [0.3, 0.4) is 0 Å². The fourth-order valence-electron chi connectivity index (χ4n) is 3.32. The molecular weight excluding hydrogens is 402 g/mol. The molecule has 0 saturated heterocycles. The van der Waals surface area contributed by atoms with E-state index in [1.807, 2.05) is 6.92 Å². The van der Waals surface area contributed by atoms with Gasteiger partial charge in [-0.25, -0.2) is 23.7 Å². The summed E-state index contributed by atoms with van der Waals surface area (Å²) in [5.74, 6) is -0.567. The fraction of sp³-hybridized carbons (Fsp3) is 0.0909. The first-order chi connectivity index (χ1) is 15.0. The molecule has 2 aromatic carbocycles. The SMILES string of the molecule is CCc1cc2cccc(F)c2c(=O)n1-c1cccc(F)c1.Nc1ncnc2nc[nH]c12. The van der Waals surface area contributed by atoms with Gasteiger partial charge >= 0.3 is 0 Å². The van der Waals surface area contributed by atoms with Gasteiger partial charge < -0.3 is 10.7 Å². The van der Waals surface area contributed by atoms with E-state index in [-0.39, 0.29) is 5.39 Å². The van der Waals surface area contributed by atoms with Gasteiger partial charge in [-0.15, -0.1) is 0 Å². The Hall–Kier alpha value is -4.14. The minimum atomic E-state index is -0.565. The van der Waals surface area contributed by atoms with Gasteiger partial charge in [-0.1, -0.05) is 25.1 Å². The Labute approximate surface area is 175 Å². The summed E-state index contributed by atoms with van der Waals surface area (Å²) < 4.78 is 28.8. The zero-order valence-electron chi connectivity index (χ0n) is 16.5. The van der Waals surface area contributed by atoms with Gasteiger partial charge in [0, 0.05) is 5.69 Å². The minimum Gasteiger partial charge on any atom is -0.382 e. The normalized spacial score (nSPS) is 10.8. The second kappa shape index (κ2) is 8.31. The van der Waals surface area contributed by atoms with Gasteiger partial charge in [0.1, 0.15) is 23.5 Å². The van der Waals surface area contributed by atoms with Crippen molar-refractivity contribution in [1.29, 1.82) is 0 Å². The van der Waals surface area contributed by atoms with Gasteiger partial charge in [-0.3, -0.25) is 9.36 Å². The van der Waals surface area contributed by atoms with Crippen molar-refractivity contribution in [2.75, 3.05) is 5.73 Å².